The molecule has 80 valence electrons. The van der Waals surface area contributed by atoms with Crippen LogP contribution in [0.1, 0.15) is 5.56 Å². The zero-order chi connectivity index (χ0) is 11.9. The maximum Gasteiger partial charge on any atom is 0.149 e. The van der Waals surface area contributed by atoms with E-state index >= 15 is 0 Å². The molecule has 0 radical (unpaired) electrons. The summed E-state index contributed by atoms with van der Waals surface area (Å²) in [5, 5.41) is 10.4. The molecule has 0 aliphatic carbocycles. The molecule has 6 heteroatoms. The standard InChI is InChI=1S/C10H2BrCl3N2/c11-6-2-8-4(1-7(6)12)9(13)5(3-15)10(14)16-8/h1-2H. The summed E-state index contributed by atoms with van der Waals surface area (Å²) in [6.45, 7) is 0. The van der Waals surface area contributed by atoms with Gasteiger partial charge in [0.25, 0.3) is 0 Å². The summed E-state index contributed by atoms with van der Waals surface area (Å²) in [5.41, 5.74) is 0.750. The normalized spacial score (nSPS) is 10.4. The van der Waals surface area contributed by atoms with Crippen LogP contribution in [0.5, 0.6) is 0 Å². The summed E-state index contributed by atoms with van der Waals surface area (Å²) in [5.74, 6) is 0. The van der Waals surface area contributed by atoms with E-state index in [1.807, 2.05) is 6.07 Å². The van der Waals surface area contributed by atoms with E-state index < -0.39 is 0 Å². The quantitative estimate of drug-likeness (QED) is 0.646. The number of rotatable bonds is 0. The van der Waals surface area contributed by atoms with Crippen LogP contribution in [0.2, 0.25) is 15.2 Å². The summed E-state index contributed by atoms with van der Waals surface area (Å²) in [4.78, 5) is 4.08. The fourth-order valence-electron chi connectivity index (χ4n) is 1.29. The van der Waals surface area contributed by atoms with E-state index in [0.717, 1.165) is 0 Å². The van der Waals surface area contributed by atoms with Crippen LogP contribution < -0.4 is 0 Å². The molecular weight excluding hydrogens is 334 g/mol. The van der Waals surface area contributed by atoms with Gasteiger partial charge in [0.15, 0.2) is 0 Å². The maximum absolute atomic E-state index is 8.88. The Morgan fingerprint density at radius 2 is 1.94 bits per heavy atom. The van der Waals surface area contributed by atoms with Gasteiger partial charge in [0.2, 0.25) is 0 Å². The first-order valence-electron chi connectivity index (χ1n) is 4.08. The molecule has 0 saturated heterocycles. The smallest absolute Gasteiger partial charge is 0.149 e. The number of hydrogen-bond donors (Lipinski definition) is 0. The summed E-state index contributed by atoms with van der Waals surface area (Å²) in [7, 11) is 0. The van der Waals surface area contributed by atoms with Crippen molar-refractivity contribution in [1.29, 1.82) is 5.26 Å². The van der Waals surface area contributed by atoms with Gasteiger partial charge in [-0.3, -0.25) is 0 Å². The second-order valence-electron chi connectivity index (χ2n) is 2.99. The van der Waals surface area contributed by atoms with Gasteiger partial charge in [-0.1, -0.05) is 34.8 Å². The lowest BCUT2D eigenvalue weighted by Crippen LogP contribution is -1.88. The highest BCUT2D eigenvalue weighted by Gasteiger charge is 2.13. The number of hydrogen-bond acceptors (Lipinski definition) is 2. The lowest BCUT2D eigenvalue weighted by atomic mass is 10.2. The number of pyridine rings is 1. The van der Waals surface area contributed by atoms with Gasteiger partial charge in [0.05, 0.1) is 15.6 Å². The van der Waals surface area contributed by atoms with E-state index in [2.05, 4.69) is 20.9 Å². The van der Waals surface area contributed by atoms with Crippen molar-refractivity contribution in [2.24, 2.45) is 0 Å². The average molecular weight is 336 g/mol. The lowest BCUT2D eigenvalue weighted by molar-refractivity contribution is 1.37. The third kappa shape index (κ3) is 1.87. The topological polar surface area (TPSA) is 36.7 Å². The summed E-state index contributed by atoms with van der Waals surface area (Å²) < 4.78 is 0.700. The molecule has 1 heterocycles. The van der Waals surface area contributed by atoms with Crippen molar-refractivity contribution in [2.45, 2.75) is 0 Å². The Labute approximate surface area is 115 Å². The second kappa shape index (κ2) is 4.38. The first-order valence-corrected chi connectivity index (χ1v) is 6.01. The summed E-state index contributed by atoms with van der Waals surface area (Å²) in [6, 6.07) is 5.26. The highest BCUT2D eigenvalue weighted by Crippen LogP contribution is 2.34. The van der Waals surface area contributed by atoms with Gasteiger partial charge in [-0.15, -0.1) is 0 Å². The van der Waals surface area contributed by atoms with Crippen LogP contribution in [0.25, 0.3) is 10.9 Å². The largest absolute Gasteiger partial charge is 0.235 e. The molecule has 0 unspecified atom stereocenters. The van der Waals surface area contributed by atoms with Crippen LogP contribution >= 0.6 is 50.7 Å². The minimum atomic E-state index is 0.0919. The molecule has 2 aromatic rings. The first kappa shape index (κ1) is 11.9. The zero-order valence-electron chi connectivity index (χ0n) is 7.56. The molecule has 0 aliphatic heterocycles. The predicted molar refractivity (Wildman–Crippen MR) is 69.2 cm³/mol. The predicted octanol–water partition coefficient (Wildman–Crippen LogP) is 4.83. The van der Waals surface area contributed by atoms with Crippen molar-refractivity contribution in [2.75, 3.05) is 0 Å². The van der Waals surface area contributed by atoms with Gasteiger partial charge in [-0.2, -0.15) is 5.26 Å². The van der Waals surface area contributed by atoms with Crippen molar-refractivity contribution in [3.8, 4) is 6.07 Å². The number of nitrogens with zero attached hydrogens (tertiary/aromatic N) is 2. The fraction of sp³-hybridized carbons (Fsp3) is 0. The van der Waals surface area contributed by atoms with Gasteiger partial charge in [0.1, 0.15) is 16.8 Å². The number of aromatic nitrogens is 1. The second-order valence-corrected chi connectivity index (χ2v) is 4.98. The van der Waals surface area contributed by atoms with E-state index in [-0.39, 0.29) is 15.7 Å². The van der Waals surface area contributed by atoms with Crippen molar-refractivity contribution in [3.63, 3.8) is 0 Å². The molecule has 0 saturated carbocycles. The highest BCUT2D eigenvalue weighted by molar-refractivity contribution is 9.10. The highest BCUT2D eigenvalue weighted by atomic mass is 79.9. The minimum Gasteiger partial charge on any atom is -0.235 e. The van der Waals surface area contributed by atoms with E-state index in [1.54, 1.807) is 12.1 Å². The summed E-state index contributed by atoms with van der Waals surface area (Å²) in [6.07, 6.45) is 0. The van der Waals surface area contributed by atoms with E-state index in [9.17, 15) is 0 Å². The average Bonchev–Trinajstić information content (AvgIpc) is 2.22. The molecule has 0 aliphatic rings. The van der Waals surface area contributed by atoms with Gasteiger partial charge < -0.3 is 0 Å². The first-order chi connectivity index (χ1) is 7.54. The maximum atomic E-state index is 8.88. The van der Waals surface area contributed by atoms with Gasteiger partial charge in [-0.25, -0.2) is 4.98 Å². The van der Waals surface area contributed by atoms with E-state index in [0.29, 0.717) is 20.4 Å². The van der Waals surface area contributed by atoms with Crippen molar-refractivity contribution in [1.82, 2.24) is 4.98 Å². The van der Waals surface area contributed by atoms with Crippen molar-refractivity contribution < 1.29 is 0 Å². The van der Waals surface area contributed by atoms with Gasteiger partial charge in [-0.05, 0) is 28.1 Å². The summed E-state index contributed by atoms with van der Waals surface area (Å²) >= 11 is 21.1. The molecule has 2 nitrogen and oxygen atoms in total. The fourth-order valence-corrected chi connectivity index (χ4v) is 2.34. The Morgan fingerprint density at radius 3 is 2.56 bits per heavy atom. The molecule has 0 atom stereocenters. The molecule has 1 aromatic carbocycles. The molecule has 0 N–H and O–H groups in total. The van der Waals surface area contributed by atoms with Crippen LogP contribution in [0.15, 0.2) is 16.6 Å². The Bertz CT molecular complexity index is 634. The van der Waals surface area contributed by atoms with Crippen LogP contribution in [-0.4, -0.2) is 4.98 Å². The van der Waals surface area contributed by atoms with Crippen molar-refractivity contribution >= 4 is 61.6 Å². The van der Waals surface area contributed by atoms with Crippen molar-refractivity contribution in [3.05, 3.63) is 37.4 Å². The van der Waals surface area contributed by atoms with E-state index in [4.69, 9.17) is 40.1 Å². The lowest BCUT2D eigenvalue weighted by Gasteiger charge is -2.05. The molecule has 0 spiro atoms. The molecule has 0 fully saturated rings. The Kier molecular flexibility index (Phi) is 3.27. The zero-order valence-corrected chi connectivity index (χ0v) is 11.4. The third-order valence-corrected chi connectivity index (χ3v) is 3.89. The van der Waals surface area contributed by atoms with Gasteiger partial charge >= 0.3 is 0 Å². The van der Waals surface area contributed by atoms with Crippen LogP contribution in [0.3, 0.4) is 0 Å². The molecule has 0 amide bonds. The number of benzene rings is 1. The molecule has 2 rings (SSSR count). The number of nitriles is 1. The molecule has 0 bridgehead atoms. The Morgan fingerprint density at radius 1 is 1.25 bits per heavy atom. The minimum absolute atomic E-state index is 0.0919. The molecular formula is C10H2BrCl3N2. The van der Waals surface area contributed by atoms with Gasteiger partial charge in [0, 0.05) is 9.86 Å². The monoisotopic (exact) mass is 334 g/mol. The molecule has 16 heavy (non-hydrogen) atoms. The van der Waals surface area contributed by atoms with Crippen LogP contribution in [0, 0.1) is 11.3 Å². The SMILES string of the molecule is N#Cc1c(Cl)nc2cc(Br)c(Cl)cc2c1Cl. The molecule has 1 aromatic heterocycles. The number of fused-ring (bicyclic) bond motifs is 1. The Hall–Kier alpha value is -0.530. The third-order valence-electron chi connectivity index (χ3n) is 2.03. The van der Waals surface area contributed by atoms with Crippen LogP contribution in [0.4, 0.5) is 0 Å². The number of halogens is 4. The van der Waals surface area contributed by atoms with E-state index in [1.165, 1.54) is 0 Å². The Balaban J connectivity index is 2.95. The van der Waals surface area contributed by atoms with Crippen LogP contribution in [-0.2, 0) is 0 Å².